The fourth-order valence-corrected chi connectivity index (χ4v) is 3.20. The minimum atomic E-state index is -3.35. The summed E-state index contributed by atoms with van der Waals surface area (Å²) < 4.78 is 26.3. The predicted octanol–water partition coefficient (Wildman–Crippen LogP) is 2.03. The topological polar surface area (TPSA) is 46.2 Å². The summed E-state index contributed by atoms with van der Waals surface area (Å²) in [6.07, 6.45) is 1.45. The molecule has 0 saturated carbocycles. The van der Waals surface area contributed by atoms with Gasteiger partial charge in [0.05, 0.1) is 4.90 Å². The van der Waals surface area contributed by atoms with Crippen molar-refractivity contribution < 1.29 is 8.42 Å². The molecular weight excluding hydrogens is 222 g/mol. The van der Waals surface area contributed by atoms with Crippen LogP contribution in [-0.2, 0) is 22.9 Å². The van der Waals surface area contributed by atoms with Gasteiger partial charge in [0.1, 0.15) is 0 Å². The fraction of sp³-hybridized carbons (Fsp3) is 0.500. The van der Waals surface area contributed by atoms with Crippen molar-refractivity contribution in [1.82, 2.24) is 4.72 Å². The minimum absolute atomic E-state index is 0.464. The van der Waals surface area contributed by atoms with Crippen molar-refractivity contribution in [3.63, 3.8) is 0 Å². The summed E-state index contributed by atoms with van der Waals surface area (Å²) in [5, 5.41) is 0. The van der Waals surface area contributed by atoms with Gasteiger partial charge in [-0.25, -0.2) is 13.1 Å². The summed E-state index contributed by atoms with van der Waals surface area (Å²) >= 11 is 0. The maximum Gasteiger partial charge on any atom is 0.240 e. The van der Waals surface area contributed by atoms with Crippen molar-refractivity contribution in [3.8, 4) is 0 Å². The van der Waals surface area contributed by atoms with Crippen molar-refractivity contribution in [2.45, 2.75) is 38.5 Å². The monoisotopic (exact) mass is 241 g/mol. The first-order chi connectivity index (χ1) is 7.46. The Bertz CT molecular complexity index is 453. The molecule has 0 spiro atoms. The van der Waals surface area contributed by atoms with Crippen molar-refractivity contribution in [1.29, 1.82) is 0 Å². The molecule has 0 unspecified atom stereocenters. The Morgan fingerprint density at radius 2 is 1.56 bits per heavy atom. The van der Waals surface area contributed by atoms with E-state index in [1.807, 2.05) is 32.9 Å². The zero-order valence-electron chi connectivity index (χ0n) is 10.3. The Balaban J connectivity index is 3.58. The lowest BCUT2D eigenvalue weighted by Gasteiger charge is -2.14. The zero-order chi connectivity index (χ0) is 12.3. The van der Waals surface area contributed by atoms with Crippen LogP contribution in [0.1, 0.15) is 30.5 Å². The van der Waals surface area contributed by atoms with Gasteiger partial charge in [0.15, 0.2) is 0 Å². The van der Waals surface area contributed by atoms with Crippen LogP contribution in [-0.4, -0.2) is 15.5 Å². The first-order valence-electron chi connectivity index (χ1n) is 5.52. The lowest BCUT2D eigenvalue weighted by Crippen LogP contribution is -2.22. The molecule has 0 aliphatic rings. The average molecular weight is 241 g/mol. The van der Waals surface area contributed by atoms with Crippen LogP contribution in [0, 0.1) is 6.92 Å². The van der Waals surface area contributed by atoms with Crippen LogP contribution in [0.25, 0.3) is 0 Å². The first-order valence-corrected chi connectivity index (χ1v) is 7.00. The Labute approximate surface area is 97.9 Å². The third-order valence-electron chi connectivity index (χ3n) is 2.69. The van der Waals surface area contributed by atoms with E-state index < -0.39 is 10.0 Å². The molecule has 0 fully saturated rings. The Morgan fingerprint density at radius 3 is 1.88 bits per heavy atom. The second kappa shape index (κ2) is 4.97. The van der Waals surface area contributed by atoms with Crippen molar-refractivity contribution in [3.05, 3.63) is 28.8 Å². The number of benzene rings is 1. The highest BCUT2D eigenvalue weighted by Crippen LogP contribution is 2.23. The molecule has 0 aliphatic heterocycles. The van der Waals surface area contributed by atoms with Crippen molar-refractivity contribution >= 4 is 10.0 Å². The number of hydrogen-bond acceptors (Lipinski definition) is 2. The van der Waals surface area contributed by atoms with Crippen LogP contribution < -0.4 is 4.72 Å². The van der Waals surface area contributed by atoms with E-state index in [1.54, 1.807) is 0 Å². The van der Waals surface area contributed by atoms with Crippen molar-refractivity contribution in [2.75, 3.05) is 7.05 Å². The van der Waals surface area contributed by atoms with Crippen LogP contribution in [0.15, 0.2) is 17.0 Å². The lowest BCUT2D eigenvalue weighted by atomic mass is 10.0. The molecule has 0 amide bonds. The molecule has 0 atom stereocenters. The highest BCUT2D eigenvalue weighted by Gasteiger charge is 2.19. The summed E-state index contributed by atoms with van der Waals surface area (Å²) in [5.41, 5.74) is 2.90. The van der Waals surface area contributed by atoms with E-state index in [2.05, 4.69) is 4.72 Å². The molecule has 1 aromatic carbocycles. The van der Waals surface area contributed by atoms with Gasteiger partial charge in [0.2, 0.25) is 10.0 Å². The van der Waals surface area contributed by atoms with E-state index in [0.29, 0.717) is 4.90 Å². The zero-order valence-corrected chi connectivity index (χ0v) is 11.1. The third-order valence-corrected chi connectivity index (χ3v) is 4.29. The maximum atomic E-state index is 12.0. The number of hydrogen-bond donors (Lipinski definition) is 1. The Hall–Kier alpha value is -0.870. The van der Waals surface area contributed by atoms with E-state index in [-0.39, 0.29) is 0 Å². The molecular formula is C12H19NO2S. The smallest absolute Gasteiger partial charge is 0.214 e. The van der Waals surface area contributed by atoms with E-state index in [0.717, 1.165) is 29.5 Å². The standard InChI is InChI=1S/C12H19NO2S/c1-5-10-7-9(3)8-11(6-2)12(10)16(14,15)13-4/h7-8,13H,5-6H2,1-4H3. The number of nitrogens with one attached hydrogen (secondary N) is 1. The summed E-state index contributed by atoms with van der Waals surface area (Å²) in [5.74, 6) is 0. The molecule has 4 heteroatoms. The van der Waals surface area contributed by atoms with Crippen LogP contribution in [0.4, 0.5) is 0 Å². The Kier molecular flexibility index (Phi) is 4.10. The van der Waals surface area contributed by atoms with Gasteiger partial charge >= 0.3 is 0 Å². The van der Waals surface area contributed by atoms with Gasteiger partial charge in [0.25, 0.3) is 0 Å². The van der Waals surface area contributed by atoms with Gasteiger partial charge in [-0.2, -0.15) is 0 Å². The molecule has 0 bridgehead atoms. The summed E-state index contributed by atoms with van der Waals surface area (Å²) in [6.45, 7) is 5.94. The highest BCUT2D eigenvalue weighted by atomic mass is 32.2. The molecule has 0 aliphatic carbocycles. The van der Waals surface area contributed by atoms with Gasteiger partial charge in [-0.15, -0.1) is 0 Å². The van der Waals surface area contributed by atoms with Gasteiger partial charge in [0, 0.05) is 0 Å². The molecule has 1 aromatic rings. The van der Waals surface area contributed by atoms with Crippen LogP contribution in [0.5, 0.6) is 0 Å². The molecule has 1 N–H and O–H groups in total. The van der Waals surface area contributed by atoms with Crippen LogP contribution in [0.3, 0.4) is 0 Å². The molecule has 90 valence electrons. The fourth-order valence-electron chi connectivity index (χ4n) is 1.90. The Morgan fingerprint density at radius 1 is 1.12 bits per heavy atom. The average Bonchev–Trinajstić information content (AvgIpc) is 2.27. The van der Waals surface area contributed by atoms with Crippen LogP contribution in [0.2, 0.25) is 0 Å². The van der Waals surface area contributed by atoms with Gasteiger partial charge in [-0.05, 0) is 37.9 Å². The molecule has 0 heterocycles. The van der Waals surface area contributed by atoms with E-state index in [9.17, 15) is 8.42 Å². The number of aryl methyl sites for hydroxylation is 3. The number of sulfonamides is 1. The van der Waals surface area contributed by atoms with Crippen LogP contribution >= 0.6 is 0 Å². The normalized spacial score (nSPS) is 11.8. The van der Waals surface area contributed by atoms with Gasteiger partial charge in [-0.1, -0.05) is 31.5 Å². The summed E-state index contributed by atoms with van der Waals surface area (Å²) in [6, 6.07) is 3.90. The maximum absolute atomic E-state index is 12.0. The second-order valence-corrected chi connectivity index (χ2v) is 5.65. The molecule has 0 saturated heterocycles. The van der Waals surface area contributed by atoms with Crippen molar-refractivity contribution in [2.24, 2.45) is 0 Å². The lowest BCUT2D eigenvalue weighted by molar-refractivity contribution is 0.586. The van der Waals surface area contributed by atoms with E-state index in [4.69, 9.17) is 0 Å². The molecule has 0 aromatic heterocycles. The molecule has 0 radical (unpaired) electrons. The first kappa shape index (κ1) is 13.2. The van der Waals surface area contributed by atoms with E-state index in [1.165, 1.54) is 7.05 Å². The largest absolute Gasteiger partial charge is 0.240 e. The highest BCUT2D eigenvalue weighted by molar-refractivity contribution is 7.89. The summed E-state index contributed by atoms with van der Waals surface area (Å²) in [7, 11) is -1.90. The predicted molar refractivity (Wildman–Crippen MR) is 66.2 cm³/mol. The third kappa shape index (κ3) is 2.44. The molecule has 16 heavy (non-hydrogen) atoms. The quantitative estimate of drug-likeness (QED) is 0.876. The van der Waals surface area contributed by atoms with Gasteiger partial charge < -0.3 is 0 Å². The van der Waals surface area contributed by atoms with Gasteiger partial charge in [-0.3, -0.25) is 0 Å². The second-order valence-electron chi connectivity index (χ2n) is 3.83. The molecule has 3 nitrogen and oxygen atoms in total. The van der Waals surface area contributed by atoms with E-state index >= 15 is 0 Å². The summed E-state index contributed by atoms with van der Waals surface area (Å²) in [4.78, 5) is 0.464. The minimum Gasteiger partial charge on any atom is -0.214 e. The molecule has 1 rings (SSSR count). The number of rotatable bonds is 4. The SMILES string of the molecule is CCc1cc(C)cc(CC)c1S(=O)(=O)NC.